The van der Waals surface area contributed by atoms with Crippen LogP contribution < -0.4 is 10.6 Å². The summed E-state index contributed by atoms with van der Waals surface area (Å²) in [4.78, 5) is 15.3. The molecule has 1 heterocycles. The van der Waals surface area contributed by atoms with E-state index in [1.807, 2.05) is 31.3 Å². The molecule has 2 aromatic carbocycles. The van der Waals surface area contributed by atoms with Gasteiger partial charge in [0, 0.05) is 23.9 Å². The minimum atomic E-state index is 0.0664. The number of phenolic OH excluding ortho intramolecular Hbond substituents is 1. The molecule has 0 saturated heterocycles. The number of hydrogen-bond donors (Lipinski definition) is 3. The minimum absolute atomic E-state index is 0.0664. The van der Waals surface area contributed by atoms with Crippen molar-refractivity contribution < 1.29 is 9.90 Å². The monoisotopic (exact) mass is 344 g/mol. The summed E-state index contributed by atoms with van der Waals surface area (Å²) in [6, 6.07) is 18.2. The molecule has 0 spiro atoms. The lowest BCUT2D eigenvalue weighted by Crippen LogP contribution is -2.03. The first-order chi connectivity index (χ1) is 12.7. The van der Waals surface area contributed by atoms with Crippen LogP contribution in [0.4, 0.5) is 11.5 Å². The second-order valence-corrected chi connectivity index (χ2v) is 5.50. The molecule has 26 heavy (non-hydrogen) atoms. The minimum Gasteiger partial charge on any atom is -0.507 e. The van der Waals surface area contributed by atoms with E-state index in [-0.39, 0.29) is 17.1 Å². The number of nitrogens with zero attached hydrogens (tertiary/aromatic N) is 2. The van der Waals surface area contributed by atoms with E-state index in [1.54, 1.807) is 30.3 Å². The quantitative estimate of drug-likeness (QED) is 0.614. The Kier molecular flexibility index (Phi) is 4.81. The highest BCUT2D eigenvalue weighted by Crippen LogP contribution is 2.35. The second kappa shape index (κ2) is 7.36. The van der Waals surface area contributed by atoms with Gasteiger partial charge in [0.05, 0.1) is 5.69 Å². The van der Waals surface area contributed by atoms with E-state index in [4.69, 9.17) is 0 Å². The van der Waals surface area contributed by atoms with Crippen LogP contribution in [0.2, 0.25) is 0 Å². The lowest BCUT2D eigenvalue weighted by Gasteiger charge is -2.13. The molecule has 6 nitrogen and oxygen atoms in total. The Labute approximate surface area is 150 Å². The number of pyridine rings is 1. The van der Waals surface area contributed by atoms with Gasteiger partial charge < -0.3 is 15.7 Å². The maximum absolute atomic E-state index is 11.0. The van der Waals surface area contributed by atoms with Gasteiger partial charge in [-0.15, -0.1) is 0 Å². The number of hydrogen-bond acceptors (Lipinski definition) is 5. The maximum Gasteiger partial charge on any atom is 0.212 e. The van der Waals surface area contributed by atoms with E-state index in [9.17, 15) is 15.2 Å². The van der Waals surface area contributed by atoms with Crippen molar-refractivity contribution >= 4 is 17.9 Å². The van der Waals surface area contributed by atoms with Gasteiger partial charge in [0.2, 0.25) is 6.41 Å². The van der Waals surface area contributed by atoms with Crippen molar-refractivity contribution in [3.63, 3.8) is 0 Å². The van der Waals surface area contributed by atoms with Crippen LogP contribution in [0.3, 0.4) is 0 Å². The summed E-state index contributed by atoms with van der Waals surface area (Å²) in [5, 5.41) is 25.3. The highest BCUT2D eigenvalue weighted by atomic mass is 16.3. The fourth-order valence-electron chi connectivity index (χ4n) is 2.72. The van der Waals surface area contributed by atoms with E-state index < -0.39 is 0 Å². The predicted molar refractivity (Wildman–Crippen MR) is 101 cm³/mol. The number of anilines is 2. The van der Waals surface area contributed by atoms with Crippen molar-refractivity contribution in [1.29, 1.82) is 5.26 Å². The summed E-state index contributed by atoms with van der Waals surface area (Å²) in [6.07, 6.45) is 0.478. The van der Waals surface area contributed by atoms with Gasteiger partial charge in [0.25, 0.3) is 0 Å². The van der Waals surface area contributed by atoms with Crippen molar-refractivity contribution in [2.24, 2.45) is 0 Å². The molecule has 0 aliphatic heterocycles. The Hall–Kier alpha value is -3.85. The molecule has 3 aromatic rings. The Morgan fingerprint density at radius 3 is 2.62 bits per heavy atom. The van der Waals surface area contributed by atoms with Crippen molar-refractivity contribution in [2.45, 2.75) is 0 Å². The molecule has 0 unspecified atom stereocenters. The van der Waals surface area contributed by atoms with E-state index in [0.29, 0.717) is 23.2 Å². The molecule has 3 rings (SSSR count). The first-order valence-corrected chi connectivity index (χ1v) is 7.89. The molecule has 6 heteroatoms. The Balaban J connectivity index is 2.29. The number of amides is 1. The molecule has 3 N–H and O–H groups in total. The van der Waals surface area contributed by atoms with Gasteiger partial charge in [0.1, 0.15) is 17.4 Å². The largest absolute Gasteiger partial charge is 0.507 e. The first kappa shape index (κ1) is 17.0. The summed E-state index contributed by atoms with van der Waals surface area (Å²) < 4.78 is 0. The molecule has 0 bridgehead atoms. The van der Waals surface area contributed by atoms with Crippen molar-refractivity contribution in [2.75, 3.05) is 17.7 Å². The Bertz CT molecular complexity index is 1010. The van der Waals surface area contributed by atoms with Crippen LogP contribution in [0.15, 0.2) is 54.6 Å². The van der Waals surface area contributed by atoms with Gasteiger partial charge in [-0.05, 0) is 35.9 Å². The van der Waals surface area contributed by atoms with Crippen LogP contribution in [0.1, 0.15) is 5.56 Å². The van der Waals surface area contributed by atoms with Gasteiger partial charge in [-0.2, -0.15) is 5.26 Å². The Morgan fingerprint density at radius 1 is 1.12 bits per heavy atom. The molecule has 0 fully saturated rings. The average molecular weight is 344 g/mol. The number of nitriles is 1. The molecular weight excluding hydrogens is 328 g/mol. The number of phenols is 1. The number of nitrogens with one attached hydrogen (secondary N) is 2. The molecule has 0 atom stereocenters. The molecule has 0 aliphatic carbocycles. The van der Waals surface area contributed by atoms with Crippen molar-refractivity contribution in [1.82, 2.24) is 4.98 Å². The predicted octanol–water partition coefficient (Wildman–Crippen LogP) is 3.60. The highest BCUT2D eigenvalue weighted by molar-refractivity contribution is 5.86. The van der Waals surface area contributed by atoms with Crippen LogP contribution in [0, 0.1) is 11.3 Å². The molecule has 1 aromatic heterocycles. The lowest BCUT2D eigenvalue weighted by atomic mass is 9.97. The van der Waals surface area contributed by atoms with Gasteiger partial charge in [-0.1, -0.05) is 24.3 Å². The van der Waals surface area contributed by atoms with Gasteiger partial charge >= 0.3 is 0 Å². The fourth-order valence-corrected chi connectivity index (χ4v) is 2.72. The fraction of sp³-hybridized carbons (Fsp3) is 0.0500. The Morgan fingerprint density at radius 2 is 1.92 bits per heavy atom. The molecule has 0 radical (unpaired) electrons. The molecule has 128 valence electrons. The number of aromatic hydroxyl groups is 1. The number of carbonyl (C=O) groups excluding carboxylic acids is 1. The average Bonchev–Trinajstić information content (AvgIpc) is 2.68. The van der Waals surface area contributed by atoms with Gasteiger partial charge in [-0.3, -0.25) is 4.79 Å². The standard InChI is InChI=1S/C20H16N4O2/c1-22-14-6-4-5-13(9-14)16-10-18(15-7-2-3-8-19(15)26)24-20(23-12-25)17(16)11-21/h2-10,12,22,26H,1H3,(H,23,24,25). The van der Waals surface area contributed by atoms with E-state index in [0.717, 1.165) is 11.3 Å². The van der Waals surface area contributed by atoms with Crippen LogP contribution in [-0.2, 0) is 4.79 Å². The van der Waals surface area contributed by atoms with Crippen LogP contribution >= 0.6 is 0 Å². The van der Waals surface area contributed by atoms with Crippen LogP contribution in [-0.4, -0.2) is 23.5 Å². The highest BCUT2D eigenvalue weighted by Gasteiger charge is 2.16. The topological polar surface area (TPSA) is 98.0 Å². The zero-order chi connectivity index (χ0) is 18.5. The van der Waals surface area contributed by atoms with E-state index in [1.165, 1.54) is 0 Å². The van der Waals surface area contributed by atoms with E-state index in [2.05, 4.69) is 21.7 Å². The lowest BCUT2D eigenvalue weighted by molar-refractivity contribution is -0.105. The summed E-state index contributed by atoms with van der Waals surface area (Å²) in [5.74, 6) is 0.213. The number of benzene rings is 2. The van der Waals surface area contributed by atoms with Crippen molar-refractivity contribution in [3.05, 3.63) is 60.2 Å². The number of carbonyl (C=O) groups is 1. The third-order valence-electron chi connectivity index (χ3n) is 3.97. The third-order valence-corrected chi connectivity index (χ3v) is 3.97. The van der Waals surface area contributed by atoms with Gasteiger partial charge in [0.15, 0.2) is 5.82 Å². The summed E-state index contributed by atoms with van der Waals surface area (Å²) >= 11 is 0. The van der Waals surface area contributed by atoms with E-state index >= 15 is 0 Å². The zero-order valence-corrected chi connectivity index (χ0v) is 14.0. The van der Waals surface area contributed by atoms with Crippen LogP contribution in [0.25, 0.3) is 22.4 Å². The van der Waals surface area contributed by atoms with Crippen molar-refractivity contribution in [3.8, 4) is 34.2 Å². The summed E-state index contributed by atoms with van der Waals surface area (Å²) in [5.41, 5.74) is 3.51. The normalized spacial score (nSPS) is 10.0. The number of rotatable bonds is 5. The zero-order valence-electron chi connectivity index (χ0n) is 14.0. The molecular formula is C20H16N4O2. The summed E-state index contributed by atoms with van der Waals surface area (Å²) in [7, 11) is 1.81. The SMILES string of the molecule is CNc1cccc(-c2cc(-c3ccccc3O)nc(NC=O)c2C#N)c1. The molecule has 0 saturated carbocycles. The second-order valence-electron chi connectivity index (χ2n) is 5.50. The number of aromatic nitrogens is 1. The smallest absolute Gasteiger partial charge is 0.212 e. The third kappa shape index (κ3) is 3.19. The molecule has 0 aliphatic rings. The van der Waals surface area contributed by atoms with Gasteiger partial charge in [-0.25, -0.2) is 4.98 Å². The maximum atomic E-state index is 11.0. The molecule has 1 amide bonds. The first-order valence-electron chi connectivity index (χ1n) is 7.89. The van der Waals surface area contributed by atoms with Crippen LogP contribution in [0.5, 0.6) is 5.75 Å². The number of para-hydroxylation sites is 1. The summed E-state index contributed by atoms with van der Waals surface area (Å²) in [6.45, 7) is 0.